The maximum absolute atomic E-state index is 11.5. The van der Waals surface area contributed by atoms with Crippen molar-refractivity contribution in [2.24, 2.45) is 11.7 Å². The molecule has 1 heterocycles. The second-order valence-corrected chi connectivity index (χ2v) is 7.03. The Labute approximate surface area is 147 Å². The van der Waals surface area contributed by atoms with Crippen LogP contribution in [0.4, 0.5) is 0 Å². The summed E-state index contributed by atoms with van der Waals surface area (Å²) in [5.41, 5.74) is 8.90. The van der Waals surface area contributed by atoms with Gasteiger partial charge >= 0.3 is 0 Å². The van der Waals surface area contributed by atoms with Gasteiger partial charge in [-0.3, -0.25) is 9.59 Å². The molecule has 2 aromatic carbocycles. The van der Waals surface area contributed by atoms with Crippen LogP contribution in [0.5, 0.6) is 5.75 Å². The molecule has 3 atom stereocenters. The average molecular weight is 335 g/mol. The molecule has 2 aliphatic rings. The van der Waals surface area contributed by atoms with Crippen molar-refractivity contribution >= 4 is 11.7 Å². The van der Waals surface area contributed by atoms with Crippen molar-refractivity contribution in [1.82, 2.24) is 0 Å². The molecule has 1 amide bonds. The fraction of sp³-hybridized carbons (Fsp3) is 0.333. The number of ketones is 1. The Morgan fingerprint density at radius 2 is 1.76 bits per heavy atom. The van der Waals surface area contributed by atoms with E-state index in [1.807, 2.05) is 36.4 Å². The number of rotatable bonds is 3. The molecule has 0 unspecified atom stereocenters. The lowest BCUT2D eigenvalue weighted by molar-refractivity contribution is 0.0987. The molecular formula is C21H21NO3. The molecule has 25 heavy (non-hydrogen) atoms. The number of fused-ring (bicyclic) bond motifs is 3. The molecule has 0 saturated heterocycles. The molecule has 128 valence electrons. The van der Waals surface area contributed by atoms with E-state index in [2.05, 4.69) is 0 Å². The summed E-state index contributed by atoms with van der Waals surface area (Å²) in [4.78, 5) is 23.0. The predicted octanol–water partition coefficient (Wildman–Crippen LogP) is 4.01. The molecule has 2 N–H and O–H groups in total. The van der Waals surface area contributed by atoms with Gasteiger partial charge in [0.05, 0.1) is 0 Å². The quantitative estimate of drug-likeness (QED) is 0.862. The fourth-order valence-electron chi connectivity index (χ4n) is 4.28. The number of carbonyl (C=O) groups excluding carboxylic acids is 2. The molecule has 4 heteroatoms. The lowest BCUT2D eigenvalue weighted by Gasteiger charge is -2.36. The first kappa shape index (κ1) is 15.9. The summed E-state index contributed by atoms with van der Waals surface area (Å²) in [6.45, 7) is 1.58. The second-order valence-electron chi connectivity index (χ2n) is 7.03. The first-order valence-corrected chi connectivity index (χ1v) is 8.76. The number of amides is 1. The Hall–Kier alpha value is -2.62. The maximum atomic E-state index is 11.5. The second kappa shape index (κ2) is 6.03. The average Bonchev–Trinajstić information content (AvgIpc) is 3.10. The van der Waals surface area contributed by atoms with Gasteiger partial charge in [-0.25, -0.2) is 0 Å². The number of nitrogens with two attached hydrogens (primary N) is 1. The van der Waals surface area contributed by atoms with E-state index in [1.165, 1.54) is 0 Å². The van der Waals surface area contributed by atoms with Gasteiger partial charge in [0, 0.05) is 17.0 Å². The standard InChI is InChI=1S/C21H21NO3/c1-12(23)13-5-7-14(8-6-13)20-17-4-2-3-16(17)18-11-15(21(22)24)9-10-19(18)25-20/h5-11,16-17,20H,2-4H2,1H3,(H2,22,24)/t16-,17+,20+/m0/s1. The zero-order chi connectivity index (χ0) is 17.6. The Bertz CT molecular complexity index is 841. The van der Waals surface area contributed by atoms with Gasteiger partial charge in [-0.15, -0.1) is 0 Å². The smallest absolute Gasteiger partial charge is 0.248 e. The summed E-state index contributed by atoms with van der Waals surface area (Å²) in [5, 5.41) is 0. The minimum Gasteiger partial charge on any atom is -0.485 e. The molecule has 0 bridgehead atoms. The molecule has 0 radical (unpaired) electrons. The van der Waals surface area contributed by atoms with Crippen LogP contribution in [0, 0.1) is 5.92 Å². The monoisotopic (exact) mass is 335 g/mol. The molecule has 2 aromatic rings. The molecule has 0 spiro atoms. The normalized spacial score (nSPS) is 24.1. The van der Waals surface area contributed by atoms with Crippen molar-refractivity contribution in [3.05, 3.63) is 64.7 Å². The Morgan fingerprint density at radius 1 is 1.04 bits per heavy atom. The van der Waals surface area contributed by atoms with E-state index in [0.717, 1.165) is 36.1 Å². The van der Waals surface area contributed by atoms with E-state index in [9.17, 15) is 9.59 Å². The minimum atomic E-state index is -0.403. The van der Waals surface area contributed by atoms with E-state index in [-0.39, 0.29) is 11.9 Å². The van der Waals surface area contributed by atoms with Crippen LogP contribution in [-0.4, -0.2) is 11.7 Å². The zero-order valence-electron chi connectivity index (χ0n) is 14.2. The molecule has 4 nitrogen and oxygen atoms in total. The zero-order valence-corrected chi connectivity index (χ0v) is 14.2. The molecular weight excluding hydrogens is 314 g/mol. The summed E-state index contributed by atoms with van der Waals surface area (Å²) < 4.78 is 6.33. The van der Waals surface area contributed by atoms with Crippen LogP contribution < -0.4 is 10.5 Å². The topological polar surface area (TPSA) is 69.4 Å². The summed E-state index contributed by atoms with van der Waals surface area (Å²) in [6, 6.07) is 13.2. The molecule has 0 aromatic heterocycles. The van der Waals surface area contributed by atoms with Crippen molar-refractivity contribution in [2.45, 2.75) is 38.2 Å². The van der Waals surface area contributed by atoms with Crippen LogP contribution in [0.1, 0.15) is 70.1 Å². The van der Waals surface area contributed by atoms with Gasteiger partial charge in [-0.05, 0) is 55.0 Å². The summed E-state index contributed by atoms with van der Waals surface area (Å²) >= 11 is 0. The lowest BCUT2D eigenvalue weighted by atomic mass is 9.79. The molecule has 1 aliphatic heterocycles. The van der Waals surface area contributed by atoms with Crippen molar-refractivity contribution in [3.8, 4) is 5.75 Å². The molecule has 1 saturated carbocycles. The van der Waals surface area contributed by atoms with Crippen molar-refractivity contribution in [1.29, 1.82) is 0 Å². The lowest BCUT2D eigenvalue weighted by Crippen LogP contribution is -2.27. The number of carbonyl (C=O) groups is 2. The van der Waals surface area contributed by atoms with Gasteiger partial charge in [0.15, 0.2) is 5.78 Å². The highest BCUT2D eigenvalue weighted by molar-refractivity contribution is 5.94. The highest BCUT2D eigenvalue weighted by Crippen LogP contribution is 2.53. The van der Waals surface area contributed by atoms with E-state index < -0.39 is 5.91 Å². The van der Waals surface area contributed by atoms with Crippen molar-refractivity contribution in [2.75, 3.05) is 0 Å². The summed E-state index contributed by atoms with van der Waals surface area (Å²) in [6.07, 6.45) is 3.34. The van der Waals surface area contributed by atoms with E-state index in [1.54, 1.807) is 13.0 Å². The van der Waals surface area contributed by atoms with Crippen molar-refractivity contribution < 1.29 is 14.3 Å². The largest absolute Gasteiger partial charge is 0.485 e. The van der Waals surface area contributed by atoms with E-state index >= 15 is 0 Å². The van der Waals surface area contributed by atoms with Gasteiger partial charge in [-0.2, -0.15) is 0 Å². The van der Waals surface area contributed by atoms with Crippen LogP contribution in [0.3, 0.4) is 0 Å². The Morgan fingerprint density at radius 3 is 2.44 bits per heavy atom. The third-order valence-corrected chi connectivity index (χ3v) is 5.55. The number of primary amides is 1. The van der Waals surface area contributed by atoms with Gasteiger partial charge in [0.25, 0.3) is 0 Å². The van der Waals surface area contributed by atoms with Crippen LogP contribution in [0.25, 0.3) is 0 Å². The summed E-state index contributed by atoms with van der Waals surface area (Å²) in [5.74, 6) is 1.28. The molecule has 1 aliphatic carbocycles. The van der Waals surface area contributed by atoms with Crippen LogP contribution in [-0.2, 0) is 0 Å². The first-order valence-electron chi connectivity index (χ1n) is 8.76. The van der Waals surface area contributed by atoms with Crippen molar-refractivity contribution in [3.63, 3.8) is 0 Å². The van der Waals surface area contributed by atoms with E-state index in [4.69, 9.17) is 10.5 Å². The summed E-state index contributed by atoms with van der Waals surface area (Å²) in [7, 11) is 0. The maximum Gasteiger partial charge on any atom is 0.248 e. The number of hydrogen-bond donors (Lipinski definition) is 1. The van der Waals surface area contributed by atoms with Gasteiger partial charge in [-0.1, -0.05) is 30.7 Å². The minimum absolute atomic E-state index is 0.0135. The molecule has 1 fully saturated rings. The third kappa shape index (κ3) is 2.72. The first-order chi connectivity index (χ1) is 12.0. The fourth-order valence-corrected chi connectivity index (χ4v) is 4.28. The van der Waals surface area contributed by atoms with Gasteiger partial charge in [0.1, 0.15) is 11.9 Å². The SMILES string of the molecule is CC(=O)c1ccc([C@H]2Oc3ccc(C(N)=O)cc3[C@H]3CCC[C@H]32)cc1. The van der Waals surface area contributed by atoms with E-state index in [0.29, 0.717) is 23.0 Å². The number of benzene rings is 2. The Kier molecular flexibility index (Phi) is 3.83. The van der Waals surface area contributed by atoms with Crippen LogP contribution >= 0.6 is 0 Å². The van der Waals surface area contributed by atoms with Crippen LogP contribution in [0.2, 0.25) is 0 Å². The number of Topliss-reactive ketones (excluding diaryl/α,β-unsaturated/α-hetero) is 1. The number of ether oxygens (including phenoxy) is 1. The number of hydrogen-bond acceptors (Lipinski definition) is 3. The third-order valence-electron chi connectivity index (χ3n) is 5.55. The van der Waals surface area contributed by atoms with Gasteiger partial charge < -0.3 is 10.5 Å². The predicted molar refractivity (Wildman–Crippen MR) is 94.9 cm³/mol. The highest BCUT2D eigenvalue weighted by Gasteiger charge is 2.42. The molecule has 4 rings (SSSR count). The highest BCUT2D eigenvalue weighted by atomic mass is 16.5. The van der Waals surface area contributed by atoms with Crippen LogP contribution in [0.15, 0.2) is 42.5 Å². The van der Waals surface area contributed by atoms with Gasteiger partial charge in [0.2, 0.25) is 5.91 Å². The Balaban J connectivity index is 1.72.